The van der Waals surface area contributed by atoms with E-state index in [1.807, 2.05) is 0 Å². The first-order chi connectivity index (χ1) is 9.92. The van der Waals surface area contributed by atoms with Crippen molar-refractivity contribution in [3.63, 3.8) is 0 Å². The van der Waals surface area contributed by atoms with Crippen molar-refractivity contribution in [3.05, 3.63) is 29.8 Å². The second kappa shape index (κ2) is 7.73. The standard InChI is InChI=1S/C13H16N2O6/c1-21-9-4-2-3-8(5-9)7-14-13(20)15-10(12(18)19)6-11(16)17/h2-5,10H,6-7H2,1H3,(H,16,17)(H,18,19)(H2,14,15,20). The van der Waals surface area contributed by atoms with Gasteiger partial charge in [0.25, 0.3) is 0 Å². The highest BCUT2D eigenvalue weighted by atomic mass is 16.5. The number of carboxylic acids is 2. The van der Waals surface area contributed by atoms with E-state index in [-0.39, 0.29) is 6.54 Å². The molecular formula is C13H16N2O6. The first-order valence-corrected chi connectivity index (χ1v) is 6.04. The first-order valence-electron chi connectivity index (χ1n) is 6.04. The third-order valence-corrected chi connectivity index (χ3v) is 2.57. The lowest BCUT2D eigenvalue weighted by Crippen LogP contribution is -2.46. The van der Waals surface area contributed by atoms with Gasteiger partial charge in [-0.3, -0.25) is 4.79 Å². The molecule has 8 nitrogen and oxygen atoms in total. The summed E-state index contributed by atoms with van der Waals surface area (Å²) in [5.41, 5.74) is 0.759. The molecule has 0 bridgehead atoms. The predicted octanol–water partition coefficient (Wildman–Crippen LogP) is 0.422. The van der Waals surface area contributed by atoms with E-state index in [0.717, 1.165) is 5.56 Å². The summed E-state index contributed by atoms with van der Waals surface area (Å²) in [6.45, 7) is 0.155. The van der Waals surface area contributed by atoms with Gasteiger partial charge in [0.05, 0.1) is 13.5 Å². The molecule has 0 fully saturated rings. The molecule has 0 aliphatic heterocycles. The number of hydrogen-bond acceptors (Lipinski definition) is 4. The highest BCUT2D eigenvalue weighted by Crippen LogP contribution is 2.12. The second-order valence-electron chi connectivity index (χ2n) is 4.17. The predicted molar refractivity (Wildman–Crippen MR) is 72.0 cm³/mol. The normalized spacial score (nSPS) is 11.3. The molecule has 0 aromatic heterocycles. The molecule has 1 unspecified atom stereocenters. The molecule has 114 valence electrons. The fourth-order valence-electron chi connectivity index (χ4n) is 1.55. The van der Waals surface area contributed by atoms with E-state index in [1.165, 1.54) is 7.11 Å². The van der Waals surface area contributed by atoms with Crippen LogP contribution < -0.4 is 15.4 Å². The molecule has 0 saturated carbocycles. The summed E-state index contributed by atoms with van der Waals surface area (Å²) in [7, 11) is 1.52. The van der Waals surface area contributed by atoms with E-state index in [4.69, 9.17) is 14.9 Å². The third kappa shape index (κ3) is 5.81. The minimum absolute atomic E-state index is 0.155. The number of methoxy groups -OCH3 is 1. The number of hydrogen-bond donors (Lipinski definition) is 4. The zero-order chi connectivity index (χ0) is 15.8. The zero-order valence-corrected chi connectivity index (χ0v) is 11.3. The van der Waals surface area contributed by atoms with Crippen LogP contribution >= 0.6 is 0 Å². The van der Waals surface area contributed by atoms with Gasteiger partial charge < -0.3 is 25.6 Å². The van der Waals surface area contributed by atoms with Crippen LogP contribution in [0.3, 0.4) is 0 Å². The van der Waals surface area contributed by atoms with Crippen LogP contribution in [0.2, 0.25) is 0 Å². The Morgan fingerprint density at radius 3 is 2.57 bits per heavy atom. The molecule has 0 saturated heterocycles. The van der Waals surface area contributed by atoms with Crippen molar-refractivity contribution in [1.82, 2.24) is 10.6 Å². The van der Waals surface area contributed by atoms with Gasteiger partial charge in [0, 0.05) is 6.54 Å². The minimum Gasteiger partial charge on any atom is -0.497 e. The second-order valence-corrected chi connectivity index (χ2v) is 4.17. The number of rotatable bonds is 7. The van der Waals surface area contributed by atoms with E-state index in [9.17, 15) is 14.4 Å². The Balaban J connectivity index is 2.52. The Bertz CT molecular complexity index is 531. The molecule has 0 spiro atoms. The van der Waals surface area contributed by atoms with E-state index in [0.29, 0.717) is 5.75 Å². The molecule has 0 aliphatic rings. The van der Waals surface area contributed by atoms with Crippen LogP contribution in [-0.4, -0.2) is 41.3 Å². The van der Waals surface area contributed by atoms with Crippen molar-refractivity contribution in [2.24, 2.45) is 0 Å². The molecule has 0 radical (unpaired) electrons. The molecular weight excluding hydrogens is 280 g/mol. The lowest BCUT2D eigenvalue weighted by Gasteiger charge is -2.13. The average molecular weight is 296 g/mol. The lowest BCUT2D eigenvalue weighted by molar-refractivity contribution is -0.145. The Labute approximate surface area is 120 Å². The SMILES string of the molecule is COc1cccc(CNC(=O)NC(CC(=O)O)C(=O)O)c1. The molecule has 1 aromatic rings. The molecule has 2 amide bonds. The van der Waals surface area contributed by atoms with E-state index in [1.54, 1.807) is 24.3 Å². The smallest absolute Gasteiger partial charge is 0.326 e. The number of ether oxygens (including phenoxy) is 1. The van der Waals surface area contributed by atoms with E-state index >= 15 is 0 Å². The fourth-order valence-corrected chi connectivity index (χ4v) is 1.55. The van der Waals surface area contributed by atoms with Crippen LogP contribution in [0, 0.1) is 0 Å². The van der Waals surface area contributed by atoms with Gasteiger partial charge in [0.2, 0.25) is 0 Å². The van der Waals surface area contributed by atoms with E-state index < -0.39 is 30.4 Å². The van der Waals surface area contributed by atoms with Gasteiger partial charge in [0.15, 0.2) is 0 Å². The Kier molecular flexibility index (Phi) is 5.99. The number of carboxylic acid groups (broad SMARTS) is 2. The van der Waals surface area contributed by atoms with Crippen molar-refractivity contribution in [1.29, 1.82) is 0 Å². The first kappa shape index (κ1) is 16.3. The maximum absolute atomic E-state index is 11.6. The number of carbonyl (C=O) groups is 3. The molecule has 0 heterocycles. The summed E-state index contributed by atoms with van der Waals surface area (Å²) < 4.78 is 5.03. The topological polar surface area (TPSA) is 125 Å². The maximum Gasteiger partial charge on any atom is 0.326 e. The van der Waals surface area contributed by atoms with Gasteiger partial charge >= 0.3 is 18.0 Å². The van der Waals surface area contributed by atoms with Gasteiger partial charge in [-0.1, -0.05) is 12.1 Å². The van der Waals surface area contributed by atoms with Crippen LogP contribution in [0.4, 0.5) is 4.79 Å². The minimum atomic E-state index is -1.48. The van der Waals surface area contributed by atoms with Crippen LogP contribution in [0.5, 0.6) is 5.75 Å². The van der Waals surface area contributed by atoms with E-state index in [2.05, 4.69) is 10.6 Å². The summed E-state index contributed by atoms with van der Waals surface area (Å²) >= 11 is 0. The van der Waals surface area contributed by atoms with Crippen molar-refractivity contribution < 1.29 is 29.3 Å². The molecule has 8 heteroatoms. The van der Waals surface area contributed by atoms with Crippen molar-refractivity contribution in [2.45, 2.75) is 19.0 Å². The van der Waals surface area contributed by atoms with Gasteiger partial charge in [-0.15, -0.1) is 0 Å². The summed E-state index contributed by atoms with van der Waals surface area (Å²) in [5, 5.41) is 21.9. The Morgan fingerprint density at radius 2 is 2.00 bits per heavy atom. The molecule has 4 N–H and O–H groups in total. The molecule has 21 heavy (non-hydrogen) atoms. The van der Waals surface area contributed by atoms with Gasteiger partial charge in [-0.2, -0.15) is 0 Å². The van der Waals surface area contributed by atoms with Crippen LogP contribution in [-0.2, 0) is 16.1 Å². The molecule has 1 atom stereocenters. The molecule has 0 aliphatic carbocycles. The summed E-state index contributed by atoms with van der Waals surface area (Å²) in [6.07, 6.45) is -0.693. The highest BCUT2D eigenvalue weighted by molar-refractivity contribution is 5.86. The quantitative estimate of drug-likeness (QED) is 0.578. The van der Waals surface area contributed by atoms with Crippen LogP contribution in [0.1, 0.15) is 12.0 Å². The summed E-state index contributed by atoms with van der Waals surface area (Å²) in [4.78, 5) is 32.9. The number of urea groups is 1. The number of amides is 2. The highest BCUT2D eigenvalue weighted by Gasteiger charge is 2.22. The number of aliphatic carboxylic acids is 2. The average Bonchev–Trinajstić information content (AvgIpc) is 2.44. The largest absolute Gasteiger partial charge is 0.497 e. The molecule has 1 aromatic carbocycles. The third-order valence-electron chi connectivity index (χ3n) is 2.57. The van der Waals surface area contributed by atoms with Crippen molar-refractivity contribution >= 4 is 18.0 Å². The number of nitrogens with one attached hydrogen (secondary N) is 2. The number of carbonyl (C=O) groups excluding carboxylic acids is 1. The van der Waals surface area contributed by atoms with Gasteiger partial charge in [0.1, 0.15) is 11.8 Å². The summed E-state index contributed by atoms with van der Waals surface area (Å²) in [5.74, 6) is -2.09. The molecule has 1 rings (SSSR count). The van der Waals surface area contributed by atoms with Crippen molar-refractivity contribution in [2.75, 3.05) is 7.11 Å². The fraction of sp³-hybridized carbons (Fsp3) is 0.308. The Morgan fingerprint density at radius 1 is 1.29 bits per heavy atom. The van der Waals surface area contributed by atoms with Gasteiger partial charge in [-0.25, -0.2) is 9.59 Å². The monoisotopic (exact) mass is 296 g/mol. The van der Waals surface area contributed by atoms with Crippen LogP contribution in [0.15, 0.2) is 24.3 Å². The van der Waals surface area contributed by atoms with Gasteiger partial charge in [-0.05, 0) is 17.7 Å². The van der Waals surface area contributed by atoms with Crippen LogP contribution in [0.25, 0.3) is 0 Å². The number of benzene rings is 1. The lowest BCUT2D eigenvalue weighted by atomic mass is 10.2. The zero-order valence-electron chi connectivity index (χ0n) is 11.3. The maximum atomic E-state index is 11.6. The Hall–Kier alpha value is -2.77. The summed E-state index contributed by atoms with van der Waals surface area (Å²) in [6, 6.07) is 4.73. The van der Waals surface area contributed by atoms with Crippen molar-refractivity contribution in [3.8, 4) is 5.75 Å².